The van der Waals surface area contributed by atoms with Gasteiger partial charge in [-0.25, -0.2) is 8.42 Å². The molecule has 2 aromatic rings. The fourth-order valence-corrected chi connectivity index (χ4v) is 3.15. The highest BCUT2D eigenvalue weighted by Crippen LogP contribution is 2.14. The summed E-state index contributed by atoms with van der Waals surface area (Å²) in [6, 6.07) is 7.96. The standard InChI is InChI=1S/C16H21N3O5S/c1-12(2)23-10-6-9-17-15(20)16-18-14(19-24-16)11-25(21,22)13-7-4-3-5-8-13/h3-5,7-8,12H,6,9-11H2,1-2H3,(H,17,20). The molecule has 0 atom stereocenters. The van der Waals surface area contributed by atoms with Crippen molar-refractivity contribution in [1.29, 1.82) is 0 Å². The Labute approximate surface area is 146 Å². The molecule has 0 unspecified atom stereocenters. The number of aromatic nitrogens is 2. The predicted octanol–water partition coefficient (Wildman–Crippen LogP) is 1.59. The summed E-state index contributed by atoms with van der Waals surface area (Å²) < 4.78 is 34.7. The number of rotatable bonds is 9. The van der Waals surface area contributed by atoms with Crippen LogP contribution in [-0.2, 0) is 20.3 Å². The second-order valence-electron chi connectivity index (χ2n) is 5.62. The number of ether oxygens (including phenoxy) is 1. The van der Waals surface area contributed by atoms with Crippen LogP contribution in [-0.4, -0.2) is 43.7 Å². The number of hydrogen-bond acceptors (Lipinski definition) is 7. The van der Waals surface area contributed by atoms with Gasteiger partial charge < -0.3 is 14.6 Å². The van der Waals surface area contributed by atoms with E-state index in [0.717, 1.165) is 0 Å². The molecule has 8 nitrogen and oxygen atoms in total. The predicted molar refractivity (Wildman–Crippen MR) is 89.7 cm³/mol. The molecule has 0 aliphatic rings. The Balaban J connectivity index is 1.88. The van der Waals surface area contributed by atoms with E-state index in [9.17, 15) is 13.2 Å². The second kappa shape index (κ2) is 8.72. The summed E-state index contributed by atoms with van der Waals surface area (Å²) >= 11 is 0. The van der Waals surface area contributed by atoms with Gasteiger partial charge in [-0.15, -0.1) is 0 Å². The van der Waals surface area contributed by atoms with Crippen molar-refractivity contribution in [3.05, 3.63) is 42.0 Å². The minimum absolute atomic E-state index is 0.0582. The molecular weight excluding hydrogens is 346 g/mol. The van der Waals surface area contributed by atoms with Gasteiger partial charge >= 0.3 is 11.8 Å². The Bertz CT molecular complexity index is 787. The van der Waals surface area contributed by atoms with Gasteiger partial charge in [0.05, 0.1) is 11.0 Å². The topological polar surface area (TPSA) is 111 Å². The third-order valence-corrected chi connectivity index (χ3v) is 4.77. The molecule has 0 radical (unpaired) electrons. The van der Waals surface area contributed by atoms with Crippen LogP contribution in [0.3, 0.4) is 0 Å². The van der Waals surface area contributed by atoms with Crippen molar-refractivity contribution in [2.45, 2.75) is 37.0 Å². The monoisotopic (exact) mass is 367 g/mol. The van der Waals surface area contributed by atoms with Gasteiger partial charge in [0.25, 0.3) is 0 Å². The Kier molecular flexibility index (Phi) is 6.65. The van der Waals surface area contributed by atoms with E-state index in [1.165, 1.54) is 12.1 Å². The molecule has 0 saturated heterocycles. The SMILES string of the molecule is CC(C)OCCCNC(=O)c1nc(CS(=O)(=O)c2ccccc2)no1. The maximum Gasteiger partial charge on any atom is 0.315 e. The molecule has 0 aliphatic heterocycles. The van der Waals surface area contributed by atoms with Crippen molar-refractivity contribution >= 4 is 15.7 Å². The van der Waals surface area contributed by atoms with E-state index in [1.54, 1.807) is 18.2 Å². The molecule has 0 bridgehead atoms. The lowest BCUT2D eigenvalue weighted by atomic mass is 10.4. The maximum absolute atomic E-state index is 12.2. The molecule has 2 rings (SSSR count). The molecule has 0 aliphatic carbocycles. The van der Waals surface area contributed by atoms with Crippen molar-refractivity contribution in [2.24, 2.45) is 0 Å². The van der Waals surface area contributed by atoms with Crippen LogP contribution in [0.5, 0.6) is 0 Å². The lowest BCUT2D eigenvalue weighted by Gasteiger charge is -2.06. The number of nitrogens with one attached hydrogen (secondary N) is 1. The second-order valence-corrected chi connectivity index (χ2v) is 7.61. The van der Waals surface area contributed by atoms with Crippen LogP contribution in [0.2, 0.25) is 0 Å². The maximum atomic E-state index is 12.2. The van der Waals surface area contributed by atoms with E-state index in [0.29, 0.717) is 19.6 Å². The van der Waals surface area contributed by atoms with Crippen LogP contribution >= 0.6 is 0 Å². The highest BCUT2D eigenvalue weighted by molar-refractivity contribution is 7.90. The Morgan fingerprint density at radius 1 is 1.28 bits per heavy atom. The molecule has 0 saturated carbocycles. The van der Waals surface area contributed by atoms with Crippen molar-refractivity contribution in [1.82, 2.24) is 15.5 Å². The van der Waals surface area contributed by atoms with E-state index >= 15 is 0 Å². The third-order valence-electron chi connectivity index (χ3n) is 3.14. The summed E-state index contributed by atoms with van der Waals surface area (Å²) in [6.45, 7) is 4.79. The number of carbonyl (C=O) groups excluding carboxylic acids is 1. The molecule has 1 N–H and O–H groups in total. The van der Waals surface area contributed by atoms with E-state index in [4.69, 9.17) is 9.26 Å². The van der Waals surface area contributed by atoms with Crippen LogP contribution in [0.25, 0.3) is 0 Å². The first kappa shape index (κ1) is 19.1. The van der Waals surface area contributed by atoms with Crippen LogP contribution < -0.4 is 5.32 Å². The Morgan fingerprint density at radius 3 is 2.68 bits per heavy atom. The van der Waals surface area contributed by atoms with Crippen LogP contribution in [0, 0.1) is 0 Å². The normalized spacial score (nSPS) is 11.6. The fraction of sp³-hybridized carbons (Fsp3) is 0.438. The highest BCUT2D eigenvalue weighted by Gasteiger charge is 2.21. The van der Waals surface area contributed by atoms with Crippen molar-refractivity contribution < 1.29 is 22.5 Å². The zero-order valence-electron chi connectivity index (χ0n) is 14.1. The van der Waals surface area contributed by atoms with Crippen molar-refractivity contribution in [3.63, 3.8) is 0 Å². The van der Waals surface area contributed by atoms with E-state index < -0.39 is 21.5 Å². The summed E-state index contributed by atoms with van der Waals surface area (Å²) in [4.78, 5) is 15.9. The number of carbonyl (C=O) groups is 1. The average molecular weight is 367 g/mol. The molecular formula is C16H21N3O5S. The minimum atomic E-state index is -3.59. The van der Waals surface area contributed by atoms with E-state index in [1.807, 2.05) is 13.8 Å². The molecule has 136 valence electrons. The first-order chi connectivity index (χ1) is 11.9. The number of amides is 1. The molecule has 1 amide bonds. The van der Waals surface area contributed by atoms with Crippen LogP contribution in [0.15, 0.2) is 39.8 Å². The zero-order valence-corrected chi connectivity index (χ0v) is 15.0. The molecule has 9 heteroatoms. The molecule has 0 fully saturated rings. The fourth-order valence-electron chi connectivity index (χ4n) is 1.95. The van der Waals surface area contributed by atoms with Gasteiger partial charge in [0.15, 0.2) is 15.7 Å². The lowest BCUT2D eigenvalue weighted by molar-refractivity contribution is 0.0751. The van der Waals surface area contributed by atoms with Gasteiger partial charge in [-0.1, -0.05) is 23.4 Å². The first-order valence-electron chi connectivity index (χ1n) is 7.88. The Hall–Kier alpha value is -2.26. The highest BCUT2D eigenvalue weighted by atomic mass is 32.2. The first-order valence-corrected chi connectivity index (χ1v) is 9.54. The van der Waals surface area contributed by atoms with Crippen LogP contribution in [0.1, 0.15) is 36.8 Å². The van der Waals surface area contributed by atoms with Crippen LogP contribution in [0.4, 0.5) is 0 Å². The van der Waals surface area contributed by atoms with Gasteiger partial charge in [-0.2, -0.15) is 4.98 Å². The van der Waals surface area contributed by atoms with Gasteiger partial charge in [-0.05, 0) is 32.4 Å². The van der Waals surface area contributed by atoms with Gasteiger partial charge in [-0.3, -0.25) is 4.79 Å². The Morgan fingerprint density at radius 2 is 2.00 bits per heavy atom. The number of nitrogens with zero attached hydrogens (tertiary/aromatic N) is 2. The summed E-state index contributed by atoms with van der Waals surface area (Å²) in [7, 11) is -3.59. The summed E-state index contributed by atoms with van der Waals surface area (Å²) in [5, 5.41) is 6.18. The molecule has 25 heavy (non-hydrogen) atoms. The van der Waals surface area contributed by atoms with Crippen molar-refractivity contribution in [3.8, 4) is 0 Å². The quantitative estimate of drug-likeness (QED) is 0.670. The number of benzene rings is 1. The third kappa shape index (κ3) is 5.95. The van der Waals surface area contributed by atoms with Gasteiger partial charge in [0, 0.05) is 13.2 Å². The minimum Gasteiger partial charge on any atom is -0.379 e. The molecule has 1 aromatic heterocycles. The largest absolute Gasteiger partial charge is 0.379 e. The average Bonchev–Trinajstić information content (AvgIpc) is 3.03. The molecule has 0 spiro atoms. The summed E-state index contributed by atoms with van der Waals surface area (Å²) in [5.41, 5.74) is 0. The number of hydrogen-bond donors (Lipinski definition) is 1. The smallest absolute Gasteiger partial charge is 0.315 e. The van der Waals surface area contributed by atoms with Gasteiger partial charge in [0.1, 0.15) is 5.75 Å². The van der Waals surface area contributed by atoms with E-state index in [-0.39, 0.29) is 22.7 Å². The number of sulfone groups is 1. The van der Waals surface area contributed by atoms with Crippen molar-refractivity contribution in [2.75, 3.05) is 13.2 Å². The summed E-state index contributed by atoms with van der Waals surface area (Å²) in [6.07, 6.45) is 0.786. The molecule has 1 heterocycles. The zero-order chi connectivity index (χ0) is 18.3. The van der Waals surface area contributed by atoms with Gasteiger partial charge in [0.2, 0.25) is 0 Å². The van der Waals surface area contributed by atoms with E-state index in [2.05, 4.69) is 15.5 Å². The molecule has 1 aromatic carbocycles. The lowest BCUT2D eigenvalue weighted by Crippen LogP contribution is -2.26. The summed E-state index contributed by atoms with van der Waals surface area (Å²) in [5.74, 6) is -1.30.